The van der Waals surface area contributed by atoms with E-state index in [2.05, 4.69) is 20.5 Å². The van der Waals surface area contributed by atoms with Crippen molar-refractivity contribution in [2.75, 3.05) is 6.61 Å². The first-order chi connectivity index (χ1) is 15.7. The van der Waals surface area contributed by atoms with Crippen LogP contribution >= 0.6 is 0 Å². The molecule has 164 valence electrons. The first-order valence-corrected chi connectivity index (χ1v) is 11.1. The fraction of sp³-hybridized carbons (Fsp3) is 0.375. The summed E-state index contributed by atoms with van der Waals surface area (Å²) >= 11 is 0. The Bertz CT molecular complexity index is 1180. The maximum Gasteiger partial charge on any atom is 0.149 e. The number of aromatic hydroxyl groups is 1. The predicted octanol–water partition coefficient (Wildman–Crippen LogP) is 3.68. The summed E-state index contributed by atoms with van der Waals surface area (Å²) in [5.41, 5.74) is 3.38. The number of halogens is 1. The summed E-state index contributed by atoms with van der Waals surface area (Å²) in [7, 11) is 0. The molecule has 2 aromatic heterocycles. The number of benzene rings is 1. The molecule has 3 aliphatic rings. The van der Waals surface area contributed by atoms with Crippen LogP contribution in [-0.4, -0.2) is 49.7 Å². The third kappa shape index (κ3) is 3.26. The fourth-order valence-corrected chi connectivity index (χ4v) is 5.28. The zero-order valence-corrected chi connectivity index (χ0v) is 17.5. The number of rotatable bonds is 3. The third-order valence-corrected chi connectivity index (χ3v) is 6.86. The van der Waals surface area contributed by atoms with Crippen LogP contribution in [0.4, 0.5) is 4.39 Å². The average molecular weight is 433 g/mol. The van der Waals surface area contributed by atoms with Gasteiger partial charge < -0.3 is 19.7 Å². The fourth-order valence-electron chi connectivity index (χ4n) is 5.28. The molecule has 32 heavy (non-hydrogen) atoms. The zero-order chi connectivity index (χ0) is 21.7. The number of ether oxygens (including phenoxy) is 1. The van der Waals surface area contributed by atoms with Crippen molar-refractivity contribution in [1.82, 2.24) is 25.1 Å². The Morgan fingerprint density at radius 2 is 2.12 bits per heavy atom. The summed E-state index contributed by atoms with van der Waals surface area (Å²) in [4.78, 5) is 4.03. The smallest absolute Gasteiger partial charge is 0.149 e. The lowest BCUT2D eigenvalue weighted by Crippen LogP contribution is -2.55. The van der Waals surface area contributed by atoms with Crippen LogP contribution in [0.2, 0.25) is 0 Å². The molecule has 2 fully saturated rings. The second-order valence-corrected chi connectivity index (χ2v) is 8.77. The number of nitrogens with zero attached hydrogens (tertiary/aromatic N) is 4. The van der Waals surface area contributed by atoms with Gasteiger partial charge in [0.1, 0.15) is 35.7 Å². The van der Waals surface area contributed by atoms with Crippen LogP contribution in [-0.2, 0) is 0 Å². The van der Waals surface area contributed by atoms with Crippen LogP contribution in [0.15, 0.2) is 49.1 Å². The number of hydrogen-bond donors (Lipinski definition) is 2. The standard InChI is InChI=1S/C24H24FN5O2/c25-23-18(10-14-2-1-3-19(23)27-14)16-6-9-32-22-12-20(28-29-24(16)22)17-5-4-15(11-21(17)31)30-8-7-26-13-30/h4-8,11-14,18-19,23,27,31H,1-3,9-10H2/t14-,18+,19+,23-/m0/s1. The summed E-state index contributed by atoms with van der Waals surface area (Å²) in [5, 5.41) is 22.9. The monoisotopic (exact) mass is 433 g/mol. The number of alkyl halides is 1. The number of phenolic OH excluding ortho intramolecular Hbond substituents is 1. The van der Waals surface area contributed by atoms with E-state index in [1.165, 1.54) is 0 Å². The maximum atomic E-state index is 15.3. The van der Waals surface area contributed by atoms with E-state index in [0.717, 1.165) is 36.9 Å². The molecule has 0 unspecified atom stereocenters. The number of nitrogens with one attached hydrogen (secondary N) is 1. The lowest BCUT2D eigenvalue weighted by Gasteiger charge is -2.44. The van der Waals surface area contributed by atoms with Gasteiger partial charge in [-0.05, 0) is 43.0 Å². The van der Waals surface area contributed by atoms with Crippen molar-refractivity contribution in [3.05, 3.63) is 54.8 Å². The van der Waals surface area contributed by atoms with E-state index in [4.69, 9.17) is 4.74 Å². The molecule has 0 radical (unpaired) electrons. The van der Waals surface area contributed by atoms with Gasteiger partial charge in [-0.25, -0.2) is 9.37 Å². The van der Waals surface area contributed by atoms with Crippen LogP contribution in [0.5, 0.6) is 11.5 Å². The Morgan fingerprint density at radius 1 is 1.19 bits per heavy atom. The molecule has 2 bridgehead atoms. The third-order valence-electron chi connectivity index (χ3n) is 6.86. The molecule has 3 aliphatic heterocycles. The van der Waals surface area contributed by atoms with Crippen molar-refractivity contribution < 1.29 is 14.2 Å². The lowest BCUT2D eigenvalue weighted by atomic mass is 9.74. The van der Waals surface area contributed by atoms with Gasteiger partial charge in [0.15, 0.2) is 0 Å². The Labute approximate surface area is 185 Å². The first kappa shape index (κ1) is 19.4. The van der Waals surface area contributed by atoms with E-state index < -0.39 is 6.17 Å². The SMILES string of the molecule is Oc1cc(-n2ccnc2)ccc1-c1cc2c(nn1)C([C@H]1C[C@@H]3CCC[C@@H](N3)[C@H]1F)=CCO2. The molecule has 3 aromatic rings. The van der Waals surface area contributed by atoms with Crippen molar-refractivity contribution in [1.29, 1.82) is 0 Å². The molecule has 2 saturated heterocycles. The van der Waals surface area contributed by atoms with E-state index in [-0.39, 0.29) is 17.7 Å². The molecule has 6 rings (SSSR count). The Kier molecular flexibility index (Phi) is 4.68. The molecule has 1 aromatic carbocycles. The van der Waals surface area contributed by atoms with Gasteiger partial charge in [0, 0.05) is 48.1 Å². The zero-order valence-electron chi connectivity index (χ0n) is 17.5. The molecule has 7 nitrogen and oxygen atoms in total. The molecule has 0 spiro atoms. The molecule has 5 heterocycles. The Morgan fingerprint density at radius 3 is 2.97 bits per heavy atom. The normalized spacial score (nSPS) is 26.7. The van der Waals surface area contributed by atoms with Crippen LogP contribution in [0.1, 0.15) is 31.4 Å². The average Bonchev–Trinajstić information content (AvgIpc) is 3.36. The van der Waals surface area contributed by atoms with Crippen LogP contribution in [0.25, 0.3) is 22.5 Å². The highest BCUT2D eigenvalue weighted by Gasteiger charge is 2.42. The van der Waals surface area contributed by atoms with Gasteiger partial charge in [0.25, 0.3) is 0 Å². The minimum absolute atomic E-state index is 0.0853. The van der Waals surface area contributed by atoms with E-state index in [9.17, 15) is 5.11 Å². The van der Waals surface area contributed by atoms with Crippen molar-refractivity contribution in [3.63, 3.8) is 0 Å². The van der Waals surface area contributed by atoms with Crippen molar-refractivity contribution in [2.24, 2.45) is 5.92 Å². The number of fused-ring (bicyclic) bond motifs is 3. The predicted molar refractivity (Wildman–Crippen MR) is 117 cm³/mol. The molecule has 2 N–H and O–H groups in total. The highest BCUT2D eigenvalue weighted by Crippen LogP contribution is 2.43. The number of allylic oxidation sites excluding steroid dienone is 1. The summed E-state index contributed by atoms with van der Waals surface area (Å²) < 4.78 is 23.0. The summed E-state index contributed by atoms with van der Waals surface area (Å²) in [6.45, 7) is 0.380. The quantitative estimate of drug-likeness (QED) is 0.656. The number of piperidine rings is 2. The highest BCUT2D eigenvalue weighted by atomic mass is 19.1. The van der Waals surface area contributed by atoms with Crippen molar-refractivity contribution in [2.45, 2.75) is 43.9 Å². The number of phenols is 1. The molecule has 0 amide bonds. The van der Waals surface area contributed by atoms with Gasteiger partial charge in [0.2, 0.25) is 0 Å². The van der Waals surface area contributed by atoms with E-state index in [1.54, 1.807) is 30.7 Å². The second kappa shape index (κ2) is 7.70. The Hall–Kier alpha value is -3.26. The van der Waals surface area contributed by atoms with Crippen molar-refractivity contribution in [3.8, 4) is 28.4 Å². The molecule has 4 atom stereocenters. The highest BCUT2D eigenvalue weighted by molar-refractivity contribution is 5.75. The van der Waals surface area contributed by atoms with Gasteiger partial charge in [-0.1, -0.05) is 6.42 Å². The minimum Gasteiger partial charge on any atom is -0.507 e. The summed E-state index contributed by atoms with van der Waals surface area (Å²) in [6, 6.07) is 7.40. The molecule has 8 heteroatoms. The van der Waals surface area contributed by atoms with Gasteiger partial charge in [0.05, 0.1) is 12.0 Å². The maximum absolute atomic E-state index is 15.3. The van der Waals surface area contributed by atoms with Gasteiger partial charge in [-0.15, -0.1) is 10.2 Å². The van der Waals surface area contributed by atoms with Gasteiger partial charge in [-0.2, -0.15) is 0 Å². The second-order valence-electron chi connectivity index (χ2n) is 8.77. The topological polar surface area (TPSA) is 85.1 Å². The van der Waals surface area contributed by atoms with E-state index in [1.807, 2.05) is 22.9 Å². The largest absolute Gasteiger partial charge is 0.507 e. The van der Waals surface area contributed by atoms with Crippen LogP contribution < -0.4 is 10.1 Å². The number of imidazole rings is 1. The van der Waals surface area contributed by atoms with E-state index in [0.29, 0.717) is 35.3 Å². The first-order valence-electron chi connectivity index (χ1n) is 11.1. The molecular formula is C24H24FN5O2. The summed E-state index contributed by atoms with van der Waals surface area (Å²) in [5.74, 6) is 0.478. The van der Waals surface area contributed by atoms with Crippen LogP contribution in [0.3, 0.4) is 0 Å². The summed E-state index contributed by atoms with van der Waals surface area (Å²) in [6.07, 6.45) is 9.99. The van der Waals surface area contributed by atoms with Crippen LogP contribution in [0, 0.1) is 5.92 Å². The Balaban J connectivity index is 1.31. The molecule has 0 saturated carbocycles. The molecule has 0 aliphatic carbocycles. The van der Waals surface area contributed by atoms with Gasteiger partial charge >= 0.3 is 0 Å². The molecular weight excluding hydrogens is 409 g/mol. The van der Waals surface area contributed by atoms with Crippen molar-refractivity contribution >= 4 is 5.57 Å². The number of hydrogen-bond acceptors (Lipinski definition) is 6. The van der Waals surface area contributed by atoms with Gasteiger partial charge in [-0.3, -0.25) is 0 Å². The number of aromatic nitrogens is 4. The van der Waals surface area contributed by atoms with E-state index >= 15 is 4.39 Å². The minimum atomic E-state index is -0.940. The lowest BCUT2D eigenvalue weighted by molar-refractivity contribution is 0.0974.